The Morgan fingerprint density at radius 2 is 2.33 bits per heavy atom. The summed E-state index contributed by atoms with van der Waals surface area (Å²) in [4.78, 5) is 4.37. The summed E-state index contributed by atoms with van der Waals surface area (Å²) in [6.45, 7) is 0.734. The molecule has 2 aromatic rings. The second-order valence-corrected chi connectivity index (χ2v) is 3.39. The number of aryl methyl sites for hydroxylation is 1. The Labute approximate surface area is 87.9 Å². The van der Waals surface area contributed by atoms with E-state index in [1.807, 2.05) is 12.1 Å². The Morgan fingerprint density at radius 3 is 3.13 bits per heavy atom. The number of aromatic nitrogens is 3. The van der Waals surface area contributed by atoms with Crippen molar-refractivity contribution in [2.24, 2.45) is 0 Å². The Morgan fingerprint density at radius 1 is 1.47 bits per heavy atom. The third-order valence-corrected chi connectivity index (χ3v) is 2.15. The number of ether oxygens (including phenoxy) is 1. The van der Waals surface area contributed by atoms with Crippen LogP contribution in [0.3, 0.4) is 0 Å². The number of rotatable bonds is 4. The normalized spacial score (nSPS) is 11.0. The van der Waals surface area contributed by atoms with Crippen LogP contribution in [0.1, 0.15) is 12.2 Å². The number of hydrogen-bond donors (Lipinski definition) is 1. The fourth-order valence-corrected chi connectivity index (χ4v) is 1.43. The number of nitrogens with zero attached hydrogens (tertiary/aromatic N) is 3. The summed E-state index contributed by atoms with van der Waals surface area (Å²) >= 11 is 0. The zero-order valence-corrected chi connectivity index (χ0v) is 8.68. The van der Waals surface area contributed by atoms with Gasteiger partial charge < -0.3 is 10.5 Å². The van der Waals surface area contributed by atoms with Crippen molar-refractivity contribution in [1.82, 2.24) is 14.6 Å². The molecule has 2 rings (SSSR count). The molecule has 0 atom stereocenters. The zero-order chi connectivity index (χ0) is 10.7. The number of pyridine rings is 1. The molecule has 0 bridgehead atoms. The first-order chi connectivity index (χ1) is 7.29. The van der Waals surface area contributed by atoms with E-state index in [-0.39, 0.29) is 0 Å². The van der Waals surface area contributed by atoms with Crippen LogP contribution >= 0.6 is 0 Å². The summed E-state index contributed by atoms with van der Waals surface area (Å²) in [6.07, 6.45) is 3.53. The molecule has 0 unspecified atom stereocenters. The largest absolute Gasteiger partial charge is 0.397 e. The van der Waals surface area contributed by atoms with E-state index in [9.17, 15) is 0 Å². The molecular weight excluding hydrogens is 192 g/mol. The van der Waals surface area contributed by atoms with E-state index < -0.39 is 0 Å². The van der Waals surface area contributed by atoms with Crippen molar-refractivity contribution in [3.8, 4) is 0 Å². The summed E-state index contributed by atoms with van der Waals surface area (Å²) in [5, 5.41) is 4.32. The number of methoxy groups -OCH3 is 1. The van der Waals surface area contributed by atoms with Crippen molar-refractivity contribution in [3.63, 3.8) is 0 Å². The quantitative estimate of drug-likeness (QED) is 0.754. The fourth-order valence-electron chi connectivity index (χ4n) is 1.43. The minimum atomic E-state index is 0.691. The van der Waals surface area contributed by atoms with Crippen molar-refractivity contribution in [2.45, 2.75) is 12.8 Å². The number of fused-ring (bicyclic) bond motifs is 1. The monoisotopic (exact) mass is 206 g/mol. The van der Waals surface area contributed by atoms with Crippen LogP contribution in [0.4, 0.5) is 5.69 Å². The third-order valence-electron chi connectivity index (χ3n) is 2.15. The predicted octanol–water partition coefficient (Wildman–Crippen LogP) is 0.890. The first-order valence-electron chi connectivity index (χ1n) is 4.89. The molecule has 0 aliphatic rings. The van der Waals surface area contributed by atoms with Crippen LogP contribution < -0.4 is 5.73 Å². The summed E-state index contributed by atoms with van der Waals surface area (Å²) < 4.78 is 6.68. The van der Waals surface area contributed by atoms with Gasteiger partial charge in [-0.25, -0.2) is 9.50 Å². The number of nitrogens with two attached hydrogens (primary N) is 1. The van der Waals surface area contributed by atoms with Crippen LogP contribution in [-0.4, -0.2) is 28.3 Å². The lowest BCUT2D eigenvalue weighted by Crippen LogP contribution is -1.95. The molecule has 5 nitrogen and oxygen atoms in total. The van der Waals surface area contributed by atoms with E-state index in [0.29, 0.717) is 5.69 Å². The Kier molecular flexibility index (Phi) is 2.82. The molecule has 2 N–H and O–H groups in total. The van der Waals surface area contributed by atoms with E-state index in [1.54, 1.807) is 17.8 Å². The second kappa shape index (κ2) is 4.27. The van der Waals surface area contributed by atoms with Gasteiger partial charge in [0.2, 0.25) is 0 Å². The molecule has 0 aromatic carbocycles. The summed E-state index contributed by atoms with van der Waals surface area (Å²) in [7, 11) is 1.69. The third kappa shape index (κ3) is 2.24. The van der Waals surface area contributed by atoms with Crippen LogP contribution in [-0.2, 0) is 11.2 Å². The van der Waals surface area contributed by atoms with Crippen molar-refractivity contribution in [1.29, 1.82) is 0 Å². The lowest BCUT2D eigenvalue weighted by molar-refractivity contribution is 0.194. The lowest BCUT2D eigenvalue weighted by atomic mass is 10.3. The Bertz CT molecular complexity index is 452. The van der Waals surface area contributed by atoms with Crippen molar-refractivity contribution < 1.29 is 4.74 Å². The highest BCUT2D eigenvalue weighted by Gasteiger charge is 2.02. The predicted molar refractivity (Wildman–Crippen MR) is 57.6 cm³/mol. The van der Waals surface area contributed by atoms with Crippen molar-refractivity contribution in [2.75, 3.05) is 19.5 Å². The van der Waals surface area contributed by atoms with Crippen molar-refractivity contribution >= 4 is 11.3 Å². The molecular formula is C10H14N4O. The maximum absolute atomic E-state index is 5.65. The highest BCUT2D eigenvalue weighted by atomic mass is 16.5. The molecule has 0 radical (unpaired) electrons. The Hall–Kier alpha value is -1.62. The van der Waals surface area contributed by atoms with Gasteiger partial charge in [0.1, 0.15) is 0 Å². The number of hydrogen-bond acceptors (Lipinski definition) is 4. The van der Waals surface area contributed by atoms with Crippen LogP contribution in [0.5, 0.6) is 0 Å². The second-order valence-electron chi connectivity index (χ2n) is 3.39. The average molecular weight is 206 g/mol. The van der Waals surface area contributed by atoms with Gasteiger partial charge in [-0.05, 0) is 18.6 Å². The maximum Gasteiger partial charge on any atom is 0.155 e. The van der Waals surface area contributed by atoms with Gasteiger partial charge in [-0.1, -0.05) is 0 Å². The van der Waals surface area contributed by atoms with Crippen LogP contribution in [0.2, 0.25) is 0 Å². The smallest absolute Gasteiger partial charge is 0.155 e. The molecule has 0 spiro atoms. The molecule has 2 aromatic heterocycles. The molecule has 0 saturated heterocycles. The van der Waals surface area contributed by atoms with Crippen LogP contribution in [0, 0.1) is 0 Å². The first-order valence-corrected chi connectivity index (χ1v) is 4.89. The average Bonchev–Trinajstić information content (AvgIpc) is 2.60. The molecule has 0 aliphatic heterocycles. The first kappa shape index (κ1) is 9.92. The molecule has 2 heterocycles. The molecule has 0 fully saturated rings. The fraction of sp³-hybridized carbons (Fsp3) is 0.400. The summed E-state index contributed by atoms with van der Waals surface area (Å²) in [5.74, 6) is 0.831. The van der Waals surface area contributed by atoms with Gasteiger partial charge in [0.05, 0.1) is 11.9 Å². The molecule has 0 aliphatic carbocycles. The SMILES string of the molecule is COCCCc1nc2ccc(N)cn2n1. The standard InChI is InChI=1S/C10H14N4O/c1-15-6-2-3-9-12-10-5-4-8(11)7-14(10)13-9/h4-5,7H,2-3,6,11H2,1H3. The van der Waals surface area contributed by atoms with Gasteiger partial charge in [-0.2, -0.15) is 5.10 Å². The van der Waals surface area contributed by atoms with E-state index in [2.05, 4.69) is 10.1 Å². The topological polar surface area (TPSA) is 65.4 Å². The van der Waals surface area contributed by atoms with Gasteiger partial charge in [-0.15, -0.1) is 0 Å². The van der Waals surface area contributed by atoms with Crippen LogP contribution in [0.15, 0.2) is 18.3 Å². The van der Waals surface area contributed by atoms with Gasteiger partial charge in [0.15, 0.2) is 11.5 Å². The van der Waals surface area contributed by atoms with E-state index in [4.69, 9.17) is 10.5 Å². The van der Waals surface area contributed by atoms with Gasteiger partial charge in [-0.3, -0.25) is 0 Å². The molecule has 0 saturated carbocycles. The summed E-state index contributed by atoms with van der Waals surface area (Å²) in [6, 6.07) is 3.69. The molecule has 80 valence electrons. The molecule has 5 heteroatoms. The number of anilines is 1. The van der Waals surface area contributed by atoms with Gasteiger partial charge >= 0.3 is 0 Å². The molecule has 15 heavy (non-hydrogen) atoms. The minimum absolute atomic E-state index is 0.691. The highest BCUT2D eigenvalue weighted by Crippen LogP contribution is 2.06. The van der Waals surface area contributed by atoms with E-state index in [0.717, 1.165) is 30.9 Å². The van der Waals surface area contributed by atoms with E-state index >= 15 is 0 Å². The van der Waals surface area contributed by atoms with E-state index in [1.165, 1.54) is 0 Å². The number of nitrogen functional groups attached to an aromatic ring is 1. The van der Waals surface area contributed by atoms with Gasteiger partial charge in [0.25, 0.3) is 0 Å². The zero-order valence-electron chi connectivity index (χ0n) is 8.68. The van der Waals surface area contributed by atoms with Crippen LogP contribution in [0.25, 0.3) is 5.65 Å². The minimum Gasteiger partial charge on any atom is -0.397 e. The van der Waals surface area contributed by atoms with Gasteiger partial charge in [0, 0.05) is 20.1 Å². The highest BCUT2D eigenvalue weighted by molar-refractivity contribution is 5.46. The summed E-state index contributed by atoms with van der Waals surface area (Å²) in [5.41, 5.74) is 7.17. The molecule has 0 amide bonds. The lowest BCUT2D eigenvalue weighted by Gasteiger charge is -1.93. The van der Waals surface area contributed by atoms with Crippen molar-refractivity contribution in [3.05, 3.63) is 24.2 Å². The maximum atomic E-state index is 5.65. The Balaban J connectivity index is 2.16.